The fraction of sp³-hybridized carbons (Fsp3) is 0.500. The van der Waals surface area contributed by atoms with Gasteiger partial charge in [-0.1, -0.05) is 49.6 Å². The lowest BCUT2D eigenvalue weighted by molar-refractivity contribution is 0.264. The number of unbranched alkanes of at least 4 members (excludes halogenated alkanes) is 4. The Labute approximate surface area is 96.7 Å². The third-order valence-corrected chi connectivity index (χ3v) is 2.67. The minimum absolute atomic E-state index is 0.0152. The highest BCUT2D eigenvalue weighted by Gasteiger charge is 2.03. The van der Waals surface area contributed by atoms with Crippen LogP contribution < -0.4 is 0 Å². The predicted octanol–water partition coefficient (Wildman–Crippen LogP) is 5.00. The number of benzene rings is 1. The van der Waals surface area contributed by atoms with E-state index in [1.54, 1.807) is 0 Å². The summed E-state index contributed by atoms with van der Waals surface area (Å²) in [6.45, 7) is 0. The SMILES string of the molecule is F[C](F)CCCCCCCc1ccccc1. The van der Waals surface area contributed by atoms with Crippen molar-refractivity contribution in [1.82, 2.24) is 0 Å². The van der Waals surface area contributed by atoms with Crippen molar-refractivity contribution in [3.63, 3.8) is 0 Å². The van der Waals surface area contributed by atoms with Crippen molar-refractivity contribution in [3.05, 3.63) is 42.3 Å². The molecule has 2 heteroatoms. The van der Waals surface area contributed by atoms with E-state index in [0.717, 1.165) is 32.1 Å². The van der Waals surface area contributed by atoms with Gasteiger partial charge in [0.15, 0.2) is 0 Å². The molecule has 0 aliphatic carbocycles. The molecule has 89 valence electrons. The maximum Gasteiger partial charge on any atom is 0.310 e. The first-order chi connectivity index (χ1) is 7.79. The van der Waals surface area contributed by atoms with Crippen molar-refractivity contribution < 1.29 is 8.78 Å². The fourth-order valence-corrected chi connectivity index (χ4v) is 1.76. The van der Waals surface area contributed by atoms with Crippen LogP contribution >= 0.6 is 0 Å². The summed E-state index contributed by atoms with van der Waals surface area (Å²) >= 11 is 0. The number of rotatable bonds is 8. The molecule has 0 saturated heterocycles. The lowest BCUT2D eigenvalue weighted by Gasteiger charge is -2.02. The van der Waals surface area contributed by atoms with Crippen LogP contribution in [0.2, 0.25) is 0 Å². The first kappa shape index (κ1) is 13.1. The molecular weight excluding hydrogens is 206 g/mol. The second-order valence-electron chi connectivity index (χ2n) is 4.09. The van der Waals surface area contributed by atoms with Crippen molar-refractivity contribution in [2.45, 2.75) is 44.9 Å². The Morgan fingerprint density at radius 2 is 1.44 bits per heavy atom. The maximum atomic E-state index is 11.7. The average molecular weight is 225 g/mol. The number of aryl methyl sites for hydroxylation is 1. The summed E-state index contributed by atoms with van der Waals surface area (Å²) in [4.78, 5) is 0. The van der Waals surface area contributed by atoms with Gasteiger partial charge in [-0.2, -0.15) is 8.78 Å². The molecule has 1 aromatic rings. The summed E-state index contributed by atoms with van der Waals surface area (Å²) in [7, 11) is 0. The highest BCUT2D eigenvalue weighted by molar-refractivity contribution is 5.14. The summed E-state index contributed by atoms with van der Waals surface area (Å²) in [5.41, 5.74) is 1.37. The zero-order valence-electron chi connectivity index (χ0n) is 9.59. The van der Waals surface area contributed by atoms with E-state index in [-0.39, 0.29) is 6.42 Å². The van der Waals surface area contributed by atoms with E-state index in [1.807, 2.05) is 6.07 Å². The van der Waals surface area contributed by atoms with Gasteiger partial charge >= 0.3 is 6.43 Å². The molecule has 0 atom stereocenters. The van der Waals surface area contributed by atoms with Crippen molar-refractivity contribution in [3.8, 4) is 0 Å². The van der Waals surface area contributed by atoms with Gasteiger partial charge in [-0.05, 0) is 24.8 Å². The third-order valence-electron chi connectivity index (χ3n) is 2.67. The topological polar surface area (TPSA) is 0 Å². The molecule has 0 spiro atoms. The Bertz CT molecular complexity index is 257. The summed E-state index contributed by atoms with van der Waals surface area (Å²) in [5.74, 6) is 0. The van der Waals surface area contributed by atoms with E-state index in [4.69, 9.17) is 0 Å². The van der Waals surface area contributed by atoms with Crippen LogP contribution in [-0.4, -0.2) is 0 Å². The third kappa shape index (κ3) is 6.54. The highest BCUT2D eigenvalue weighted by atomic mass is 19.3. The van der Waals surface area contributed by atoms with Crippen molar-refractivity contribution in [1.29, 1.82) is 0 Å². The molecule has 0 unspecified atom stereocenters. The minimum atomic E-state index is -1.43. The molecule has 0 aliphatic heterocycles. The molecule has 0 N–H and O–H groups in total. The Kier molecular flexibility index (Phi) is 6.78. The van der Waals surface area contributed by atoms with E-state index in [1.165, 1.54) is 5.56 Å². The summed E-state index contributed by atoms with van der Waals surface area (Å²) < 4.78 is 23.5. The number of halogens is 2. The molecule has 0 aromatic heterocycles. The lowest BCUT2D eigenvalue weighted by Crippen LogP contribution is -1.86. The Morgan fingerprint density at radius 3 is 2.12 bits per heavy atom. The molecule has 1 aromatic carbocycles. The van der Waals surface area contributed by atoms with Gasteiger partial charge in [-0.15, -0.1) is 0 Å². The molecule has 0 aliphatic rings. The average Bonchev–Trinajstić information content (AvgIpc) is 2.29. The van der Waals surface area contributed by atoms with Crippen molar-refractivity contribution >= 4 is 0 Å². The minimum Gasteiger partial charge on any atom is -0.200 e. The predicted molar refractivity (Wildman–Crippen MR) is 63.3 cm³/mol. The maximum absolute atomic E-state index is 11.7. The molecule has 0 fully saturated rings. The van der Waals surface area contributed by atoms with E-state index in [2.05, 4.69) is 24.3 Å². The van der Waals surface area contributed by atoms with Gasteiger partial charge in [0.25, 0.3) is 0 Å². The molecule has 1 rings (SSSR count). The second kappa shape index (κ2) is 8.26. The Morgan fingerprint density at radius 1 is 0.812 bits per heavy atom. The number of hydrogen-bond acceptors (Lipinski definition) is 0. The van der Waals surface area contributed by atoms with Crippen LogP contribution in [0.1, 0.15) is 44.1 Å². The zero-order valence-corrected chi connectivity index (χ0v) is 9.59. The van der Waals surface area contributed by atoms with E-state index >= 15 is 0 Å². The number of hydrogen-bond donors (Lipinski definition) is 0. The second-order valence-corrected chi connectivity index (χ2v) is 4.09. The largest absolute Gasteiger partial charge is 0.310 e. The van der Waals surface area contributed by atoms with Crippen LogP contribution in [0.15, 0.2) is 30.3 Å². The van der Waals surface area contributed by atoms with Crippen molar-refractivity contribution in [2.24, 2.45) is 0 Å². The zero-order chi connectivity index (χ0) is 11.6. The molecule has 16 heavy (non-hydrogen) atoms. The van der Waals surface area contributed by atoms with Crippen LogP contribution in [0.5, 0.6) is 0 Å². The van der Waals surface area contributed by atoms with E-state index in [9.17, 15) is 8.78 Å². The van der Waals surface area contributed by atoms with Crippen LogP contribution in [0.3, 0.4) is 0 Å². The first-order valence-corrected chi connectivity index (χ1v) is 6.00. The summed E-state index contributed by atoms with van der Waals surface area (Å²) in [5, 5.41) is 0. The molecule has 0 nitrogen and oxygen atoms in total. The fourth-order valence-electron chi connectivity index (χ4n) is 1.76. The molecular formula is C14H19F2. The van der Waals surface area contributed by atoms with Crippen LogP contribution in [0, 0.1) is 6.43 Å². The van der Waals surface area contributed by atoms with Crippen molar-refractivity contribution in [2.75, 3.05) is 0 Å². The summed E-state index contributed by atoms with van der Waals surface area (Å²) in [6.07, 6.45) is 4.58. The van der Waals surface area contributed by atoms with Crippen LogP contribution in [0.4, 0.5) is 8.78 Å². The van der Waals surface area contributed by atoms with Crippen LogP contribution in [0.25, 0.3) is 0 Å². The normalized spacial score (nSPS) is 10.9. The molecule has 0 bridgehead atoms. The summed E-state index contributed by atoms with van der Waals surface area (Å²) in [6, 6.07) is 10.4. The molecule has 0 heterocycles. The van der Waals surface area contributed by atoms with Gasteiger partial charge in [-0.25, -0.2) is 0 Å². The first-order valence-electron chi connectivity index (χ1n) is 6.00. The van der Waals surface area contributed by atoms with Crippen LogP contribution in [-0.2, 0) is 6.42 Å². The Balaban J connectivity index is 1.93. The Hall–Kier alpha value is -0.920. The smallest absolute Gasteiger partial charge is 0.200 e. The highest BCUT2D eigenvalue weighted by Crippen LogP contribution is 2.15. The molecule has 0 amide bonds. The monoisotopic (exact) mass is 225 g/mol. The van der Waals surface area contributed by atoms with E-state index < -0.39 is 6.43 Å². The quantitative estimate of drug-likeness (QED) is 0.546. The van der Waals surface area contributed by atoms with Gasteiger partial charge in [0.2, 0.25) is 0 Å². The van der Waals surface area contributed by atoms with Gasteiger partial charge in [0.05, 0.1) is 0 Å². The lowest BCUT2D eigenvalue weighted by atomic mass is 10.1. The van der Waals surface area contributed by atoms with Gasteiger partial charge in [-0.3, -0.25) is 0 Å². The van der Waals surface area contributed by atoms with Gasteiger partial charge in [0.1, 0.15) is 0 Å². The van der Waals surface area contributed by atoms with Gasteiger partial charge < -0.3 is 0 Å². The van der Waals surface area contributed by atoms with E-state index in [0.29, 0.717) is 6.42 Å². The molecule has 1 radical (unpaired) electrons. The van der Waals surface area contributed by atoms with Gasteiger partial charge in [0, 0.05) is 6.42 Å². The molecule has 0 saturated carbocycles. The standard InChI is InChI=1S/C14H19F2/c15-14(16)12-8-3-1-2-5-9-13-10-6-4-7-11-13/h4,6-7,10-11H,1-3,5,8-9,12H2.